The molecule has 7 heteroatoms. The summed E-state index contributed by atoms with van der Waals surface area (Å²) in [4.78, 5) is 14.7. The van der Waals surface area contributed by atoms with Crippen molar-refractivity contribution in [3.63, 3.8) is 0 Å². The molecule has 0 aliphatic carbocycles. The number of hydrogen-bond donors (Lipinski definition) is 3. The lowest BCUT2D eigenvalue weighted by molar-refractivity contribution is -0.132. The van der Waals surface area contributed by atoms with E-state index in [1.807, 2.05) is 0 Å². The van der Waals surface area contributed by atoms with Crippen LogP contribution in [0.1, 0.15) is 11.7 Å². The first-order valence-electron chi connectivity index (χ1n) is 4.75. The minimum Gasteiger partial charge on any atom is -0.481 e. The predicted molar refractivity (Wildman–Crippen MR) is 57.5 cm³/mol. The summed E-state index contributed by atoms with van der Waals surface area (Å²) in [6.07, 6.45) is -3.22. The maximum absolute atomic E-state index is 10.8. The molecule has 1 aromatic rings. The largest absolute Gasteiger partial charge is 0.481 e. The van der Waals surface area contributed by atoms with Crippen molar-refractivity contribution in [2.24, 2.45) is 5.73 Å². The molecule has 2 unspecified atom stereocenters. The lowest BCUT2D eigenvalue weighted by Gasteiger charge is -2.17. The number of hydrogen-bond acceptors (Lipinski definition) is 6. The van der Waals surface area contributed by atoms with Crippen LogP contribution in [0.2, 0.25) is 0 Å². The van der Waals surface area contributed by atoms with E-state index in [0.717, 1.165) is 0 Å². The monoisotopic (exact) mass is 242 g/mol. The van der Waals surface area contributed by atoms with E-state index in [2.05, 4.69) is 4.98 Å². The highest BCUT2D eigenvalue weighted by Crippen LogP contribution is 2.27. The Bertz CT molecular complexity index is 410. The summed E-state index contributed by atoms with van der Waals surface area (Å²) < 4.78 is 9.80. The molecule has 0 aliphatic heterocycles. The van der Waals surface area contributed by atoms with Crippen LogP contribution in [0.3, 0.4) is 0 Å². The number of rotatable bonds is 5. The topological polar surface area (TPSA) is 115 Å². The van der Waals surface area contributed by atoms with Gasteiger partial charge in [0.25, 0.3) is 0 Å². The van der Waals surface area contributed by atoms with Gasteiger partial charge in [-0.15, -0.1) is 0 Å². The van der Waals surface area contributed by atoms with Gasteiger partial charge < -0.3 is 25.4 Å². The molecule has 1 rings (SSSR count). The number of aromatic nitrogens is 1. The number of amides is 1. The van der Waals surface area contributed by atoms with Gasteiger partial charge in [-0.1, -0.05) is 0 Å². The number of primary amides is 1. The molecule has 0 radical (unpaired) electrons. The molecule has 1 heterocycles. The molecule has 17 heavy (non-hydrogen) atoms. The van der Waals surface area contributed by atoms with Crippen molar-refractivity contribution in [2.45, 2.75) is 12.2 Å². The second-order valence-corrected chi connectivity index (χ2v) is 3.24. The van der Waals surface area contributed by atoms with Crippen molar-refractivity contribution in [3.05, 3.63) is 17.7 Å². The molecule has 0 fully saturated rings. The number of ether oxygens (including phenoxy) is 2. The first kappa shape index (κ1) is 13.2. The van der Waals surface area contributed by atoms with Gasteiger partial charge in [0.05, 0.1) is 14.2 Å². The maximum atomic E-state index is 10.8. The van der Waals surface area contributed by atoms with E-state index >= 15 is 0 Å². The van der Waals surface area contributed by atoms with Gasteiger partial charge in [-0.25, -0.2) is 0 Å². The second-order valence-electron chi connectivity index (χ2n) is 3.24. The van der Waals surface area contributed by atoms with Crippen LogP contribution in [0, 0.1) is 0 Å². The van der Waals surface area contributed by atoms with Crippen LogP contribution < -0.4 is 15.2 Å². The van der Waals surface area contributed by atoms with Crippen LogP contribution >= 0.6 is 0 Å². The molecule has 0 bridgehead atoms. The number of pyridine rings is 1. The Morgan fingerprint density at radius 2 is 2.00 bits per heavy atom. The van der Waals surface area contributed by atoms with E-state index in [0.29, 0.717) is 0 Å². The van der Waals surface area contributed by atoms with Gasteiger partial charge in [0.2, 0.25) is 17.7 Å². The Morgan fingerprint density at radius 3 is 2.47 bits per heavy atom. The number of aliphatic hydroxyl groups is 2. The van der Waals surface area contributed by atoms with Crippen LogP contribution in [0.5, 0.6) is 11.8 Å². The lowest BCUT2D eigenvalue weighted by Crippen LogP contribution is -2.34. The number of methoxy groups -OCH3 is 2. The number of aliphatic hydroxyl groups excluding tert-OH is 2. The van der Waals surface area contributed by atoms with Gasteiger partial charge in [0.1, 0.15) is 6.10 Å². The number of nitrogens with two attached hydrogens (primary N) is 1. The van der Waals surface area contributed by atoms with Crippen LogP contribution in [0.25, 0.3) is 0 Å². The minimum atomic E-state index is -1.72. The van der Waals surface area contributed by atoms with Gasteiger partial charge in [0, 0.05) is 11.6 Å². The molecule has 0 aromatic carbocycles. The number of carbonyl (C=O) groups excluding carboxylic acids is 1. The van der Waals surface area contributed by atoms with Gasteiger partial charge >= 0.3 is 0 Å². The molecule has 7 nitrogen and oxygen atoms in total. The first-order chi connectivity index (χ1) is 8.01. The molecule has 94 valence electrons. The molecule has 0 saturated heterocycles. The third-order valence-electron chi connectivity index (χ3n) is 2.18. The zero-order valence-corrected chi connectivity index (χ0v) is 9.45. The standard InChI is InChI=1S/C10H14N2O5/c1-16-6-4-3-5(10(12-6)17-2)7(13)8(14)9(11)15/h3-4,7-8,13-14H,1-2H3,(H2,11,15). The van der Waals surface area contributed by atoms with Gasteiger partial charge in [0.15, 0.2) is 6.10 Å². The van der Waals surface area contributed by atoms with Crippen LogP contribution in [0.4, 0.5) is 0 Å². The zero-order chi connectivity index (χ0) is 13.0. The van der Waals surface area contributed by atoms with Crippen molar-refractivity contribution in [2.75, 3.05) is 14.2 Å². The van der Waals surface area contributed by atoms with E-state index in [9.17, 15) is 15.0 Å². The van der Waals surface area contributed by atoms with Crippen molar-refractivity contribution in [3.8, 4) is 11.8 Å². The zero-order valence-electron chi connectivity index (χ0n) is 9.45. The maximum Gasteiger partial charge on any atom is 0.249 e. The van der Waals surface area contributed by atoms with Crippen molar-refractivity contribution in [1.29, 1.82) is 0 Å². The Kier molecular flexibility index (Phi) is 4.24. The predicted octanol–water partition coefficient (Wildman–Crippen LogP) is -1.02. The lowest BCUT2D eigenvalue weighted by atomic mass is 10.1. The highest BCUT2D eigenvalue weighted by Gasteiger charge is 2.27. The third kappa shape index (κ3) is 2.83. The Hall–Kier alpha value is -1.86. The average molecular weight is 242 g/mol. The fourth-order valence-electron chi connectivity index (χ4n) is 1.26. The average Bonchev–Trinajstić information content (AvgIpc) is 2.35. The Morgan fingerprint density at radius 1 is 1.35 bits per heavy atom. The summed E-state index contributed by atoms with van der Waals surface area (Å²) >= 11 is 0. The van der Waals surface area contributed by atoms with Crippen molar-refractivity contribution in [1.82, 2.24) is 4.98 Å². The Balaban J connectivity index is 3.08. The smallest absolute Gasteiger partial charge is 0.249 e. The first-order valence-corrected chi connectivity index (χ1v) is 4.75. The van der Waals surface area contributed by atoms with Crippen LogP contribution in [-0.4, -0.2) is 41.4 Å². The quantitative estimate of drug-likeness (QED) is 0.608. The number of carbonyl (C=O) groups is 1. The minimum absolute atomic E-state index is 0.0529. The van der Waals surface area contributed by atoms with E-state index in [4.69, 9.17) is 15.2 Å². The SMILES string of the molecule is COc1ccc(C(O)C(O)C(N)=O)c(OC)n1. The van der Waals surface area contributed by atoms with E-state index in [1.54, 1.807) is 0 Å². The molecular formula is C10H14N2O5. The van der Waals surface area contributed by atoms with E-state index in [-0.39, 0.29) is 17.3 Å². The normalized spacial score (nSPS) is 13.9. The highest BCUT2D eigenvalue weighted by atomic mass is 16.5. The third-order valence-corrected chi connectivity index (χ3v) is 2.18. The fourth-order valence-corrected chi connectivity index (χ4v) is 1.26. The number of nitrogens with zero attached hydrogens (tertiary/aromatic N) is 1. The summed E-state index contributed by atoms with van der Waals surface area (Å²) in [5, 5.41) is 19.1. The Labute approximate surface area is 97.8 Å². The summed E-state index contributed by atoms with van der Waals surface area (Å²) in [5.74, 6) is -0.695. The molecule has 0 saturated carbocycles. The summed E-state index contributed by atoms with van der Waals surface area (Å²) in [7, 11) is 2.77. The molecule has 1 amide bonds. The molecule has 2 atom stereocenters. The molecule has 0 aliphatic rings. The molecule has 4 N–H and O–H groups in total. The summed E-state index contributed by atoms with van der Waals surface area (Å²) in [5.41, 5.74) is 5.04. The van der Waals surface area contributed by atoms with Gasteiger partial charge in [-0.3, -0.25) is 4.79 Å². The van der Waals surface area contributed by atoms with E-state index < -0.39 is 18.1 Å². The van der Waals surface area contributed by atoms with Gasteiger partial charge in [-0.05, 0) is 6.07 Å². The van der Waals surface area contributed by atoms with Crippen molar-refractivity contribution < 1.29 is 24.5 Å². The second kappa shape index (κ2) is 5.46. The van der Waals surface area contributed by atoms with Crippen LogP contribution in [-0.2, 0) is 4.79 Å². The molecule has 1 aromatic heterocycles. The summed E-state index contributed by atoms with van der Waals surface area (Å²) in [6.45, 7) is 0. The van der Waals surface area contributed by atoms with E-state index in [1.165, 1.54) is 26.4 Å². The fraction of sp³-hybridized carbons (Fsp3) is 0.400. The van der Waals surface area contributed by atoms with Gasteiger partial charge in [-0.2, -0.15) is 4.98 Å². The van der Waals surface area contributed by atoms with Crippen molar-refractivity contribution >= 4 is 5.91 Å². The highest BCUT2D eigenvalue weighted by molar-refractivity contribution is 5.79. The molecular weight excluding hydrogens is 228 g/mol. The molecule has 0 spiro atoms. The summed E-state index contributed by atoms with van der Waals surface area (Å²) in [6, 6.07) is 2.90. The van der Waals surface area contributed by atoms with Crippen LogP contribution in [0.15, 0.2) is 12.1 Å².